The van der Waals surface area contributed by atoms with Crippen LogP contribution in [0.3, 0.4) is 0 Å². The number of carbonyl (C=O) groups is 2. The molecule has 2 amide bonds. The van der Waals surface area contributed by atoms with E-state index in [1.165, 1.54) is 11.3 Å². The quantitative estimate of drug-likeness (QED) is 0.656. The predicted molar refractivity (Wildman–Crippen MR) is 104 cm³/mol. The Balaban J connectivity index is 2.85. The number of hydrogen-bond donors (Lipinski definition) is 1. The van der Waals surface area contributed by atoms with E-state index in [1.807, 2.05) is 27.7 Å². The molecule has 142 valence electrons. The summed E-state index contributed by atoms with van der Waals surface area (Å²) >= 11 is 7.37. The second-order valence-corrected chi connectivity index (χ2v) is 9.04. The number of aromatic nitrogens is 1. The highest BCUT2D eigenvalue weighted by atomic mass is 35.5. The highest BCUT2D eigenvalue weighted by Crippen LogP contribution is 2.23. The smallest absolute Gasteiger partial charge is 0.270 e. The van der Waals surface area contributed by atoms with Crippen LogP contribution in [-0.2, 0) is 11.3 Å². The van der Waals surface area contributed by atoms with Gasteiger partial charge in [0.05, 0.1) is 12.0 Å². The van der Waals surface area contributed by atoms with Crippen molar-refractivity contribution in [3.8, 4) is 0 Å². The molecule has 0 spiro atoms. The van der Waals surface area contributed by atoms with Gasteiger partial charge in [-0.25, -0.2) is 4.98 Å². The number of alkyl halides is 1. The fraction of sp³-hybridized carbons (Fsp3) is 0.722. The number of carbonyl (C=O) groups excluding carboxylic acids is 2. The second-order valence-electron chi connectivity index (χ2n) is 7.83. The first-order chi connectivity index (χ1) is 11.6. The van der Waals surface area contributed by atoms with Gasteiger partial charge in [0.1, 0.15) is 10.7 Å². The molecule has 0 saturated heterocycles. The summed E-state index contributed by atoms with van der Waals surface area (Å²) in [5.41, 5.74) is -0.209. The molecule has 1 aromatic heterocycles. The van der Waals surface area contributed by atoms with Crippen LogP contribution in [0, 0.1) is 17.3 Å². The summed E-state index contributed by atoms with van der Waals surface area (Å²) in [7, 11) is 0. The number of amides is 2. The van der Waals surface area contributed by atoms with Crippen LogP contribution in [0.15, 0.2) is 5.38 Å². The number of thiazole rings is 1. The van der Waals surface area contributed by atoms with E-state index in [2.05, 4.69) is 24.1 Å². The highest BCUT2D eigenvalue weighted by molar-refractivity contribution is 7.09. The van der Waals surface area contributed by atoms with E-state index in [9.17, 15) is 9.59 Å². The maximum absolute atomic E-state index is 12.8. The van der Waals surface area contributed by atoms with Gasteiger partial charge in [-0.15, -0.1) is 22.9 Å². The molecular weight excluding hydrogens is 358 g/mol. The van der Waals surface area contributed by atoms with E-state index in [0.717, 1.165) is 5.01 Å². The van der Waals surface area contributed by atoms with Gasteiger partial charge in [0.2, 0.25) is 5.91 Å². The third-order valence-electron chi connectivity index (χ3n) is 3.57. The van der Waals surface area contributed by atoms with Crippen molar-refractivity contribution in [2.24, 2.45) is 17.3 Å². The Morgan fingerprint density at radius 2 is 1.92 bits per heavy atom. The minimum absolute atomic E-state index is 0.0113. The van der Waals surface area contributed by atoms with E-state index in [0.29, 0.717) is 37.2 Å². The summed E-state index contributed by atoms with van der Waals surface area (Å²) in [6, 6.07) is 0. The normalized spacial score (nSPS) is 11.9. The first-order valence-corrected chi connectivity index (χ1v) is 10.1. The van der Waals surface area contributed by atoms with Gasteiger partial charge in [-0.1, -0.05) is 27.7 Å². The van der Waals surface area contributed by atoms with E-state index < -0.39 is 5.41 Å². The molecule has 0 atom stereocenters. The van der Waals surface area contributed by atoms with Gasteiger partial charge in [-0.05, 0) is 25.7 Å². The van der Waals surface area contributed by atoms with E-state index in [-0.39, 0.29) is 17.7 Å². The molecule has 1 N–H and O–H groups in total. The van der Waals surface area contributed by atoms with Crippen molar-refractivity contribution in [2.45, 2.75) is 48.1 Å². The van der Waals surface area contributed by atoms with Gasteiger partial charge < -0.3 is 10.2 Å². The highest BCUT2D eigenvalue weighted by Gasteiger charge is 2.32. The monoisotopic (exact) mass is 387 g/mol. The van der Waals surface area contributed by atoms with Crippen LogP contribution < -0.4 is 5.32 Å². The fourth-order valence-corrected chi connectivity index (χ4v) is 3.09. The van der Waals surface area contributed by atoms with Gasteiger partial charge in [0, 0.05) is 24.3 Å². The van der Waals surface area contributed by atoms with E-state index in [1.54, 1.807) is 10.3 Å². The van der Waals surface area contributed by atoms with Gasteiger partial charge in [-0.3, -0.25) is 9.59 Å². The van der Waals surface area contributed by atoms with Crippen LogP contribution >= 0.6 is 22.9 Å². The average molecular weight is 388 g/mol. The summed E-state index contributed by atoms with van der Waals surface area (Å²) in [5.74, 6) is 0.834. The Bertz CT molecular complexity index is 585. The van der Waals surface area contributed by atoms with Gasteiger partial charge >= 0.3 is 0 Å². The third-order valence-corrected chi connectivity index (χ3v) is 5.07. The zero-order chi connectivity index (χ0) is 19.2. The first kappa shape index (κ1) is 21.9. The lowest BCUT2D eigenvalue weighted by Crippen LogP contribution is -2.43. The van der Waals surface area contributed by atoms with Crippen LogP contribution in [-0.4, -0.2) is 40.7 Å². The number of halogens is 1. The lowest BCUT2D eigenvalue weighted by atomic mass is 9.94. The minimum atomic E-state index is -0.620. The average Bonchev–Trinajstić information content (AvgIpc) is 2.99. The van der Waals surface area contributed by atoms with Crippen LogP contribution in [0.2, 0.25) is 0 Å². The van der Waals surface area contributed by atoms with Crippen LogP contribution in [0.4, 0.5) is 0 Å². The summed E-state index contributed by atoms with van der Waals surface area (Å²) in [4.78, 5) is 31.1. The van der Waals surface area contributed by atoms with Crippen molar-refractivity contribution in [2.75, 3.05) is 19.0 Å². The molecule has 0 aromatic carbocycles. The molecule has 25 heavy (non-hydrogen) atoms. The van der Waals surface area contributed by atoms with Crippen molar-refractivity contribution in [3.63, 3.8) is 0 Å². The number of nitrogens with zero attached hydrogens (tertiary/aromatic N) is 2. The van der Waals surface area contributed by atoms with Gasteiger partial charge in [-0.2, -0.15) is 0 Å². The molecule has 1 aromatic rings. The Morgan fingerprint density at radius 3 is 2.44 bits per heavy atom. The van der Waals surface area contributed by atoms with Crippen molar-refractivity contribution in [3.05, 3.63) is 16.1 Å². The largest absolute Gasteiger partial charge is 0.350 e. The number of nitrogens with one attached hydrogen (secondary N) is 1. The number of rotatable bonds is 9. The van der Waals surface area contributed by atoms with Crippen LogP contribution in [0.1, 0.15) is 57.0 Å². The minimum Gasteiger partial charge on any atom is -0.350 e. The molecule has 0 saturated carbocycles. The molecule has 0 aliphatic carbocycles. The molecule has 1 heterocycles. The van der Waals surface area contributed by atoms with Crippen molar-refractivity contribution < 1.29 is 9.59 Å². The molecule has 1 rings (SSSR count). The van der Waals surface area contributed by atoms with Gasteiger partial charge in [0.25, 0.3) is 5.91 Å². The molecule has 0 bridgehead atoms. The molecule has 0 unspecified atom stereocenters. The molecule has 7 heteroatoms. The summed E-state index contributed by atoms with van der Waals surface area (Å²) < 4.78 is 0. The lowest BCUT2D eigenvalue weighted by molar-refractivity contribution is -0.140. The fourth-order valence-electron chi connectivity index (χ4n) is 2.18. The zero-order valence-corrected chi connectivity index (χ0v) is 17.6. The third kappa shape index (κ3) is 6.94. The standard InChI is InChI=1S/C18H30ClN3O2S/c1-12(2)7-20-16(23)14-10-25-15(21-14)9-22(8-13(3)4)17(24)18(5,6)11-19/h10,12-13H,7-9,11H2,1-6H3,(H,20,23). The SMILES string of the molecule is CC(C)CNC(=O)c1csc(CN(CC(C)C)C(=O)C(C)(C)CCl)n1. The summed E-state index contributed by atoms with van der Waals surface area (Å²) in [6.07, 6.45) is 0. The van der Waals surface area contributed by atoms with Crippen LogP contribution in [0.25, 0.3) is 0 Å². The Kier molecular flexibility index (Phi) is 8.35. The Morgan fingerprint density at radius 1 is 1.28 bits per heavy atom. The van der Waals surface area contributed by atoms with Crippen molar-refractivity contribution in [1.29, 1.82) is 0 Å². The Labute approximate surface area is 160 Å². The summed E-state index contributed by atoms with van der Waals surface area (Å²) in [6.45, 7) is 13.6. The molecule has 5 nitrogen and oxygen atoms in total. The molecule has 0 radical (unpaired) electrons. The van der Waals surface area contributed by atoms with Crippen molar-refractivity contribution in [1.82, 2.24) is 15.2 Å². The number of hydrogen-bond acceptors (Lipinski definition) is 4. The van der Waals surface area contributed by atoms with Crippen molar-refractivity contribution >= 4 is 34.8 Å². The first-order valence-electron chi connectivity index (χ1n) is 8.64. The lowest BCUT2D eigenvalue weighted by Gasteiger charge is -2.31. The van der Waals surface area contributed by atoms with E-state index in [4.69, 9.17) is 11.6 Å². The predicted octanol–water partition coefficient (Wildman–Crippen LogP) is 3.78. The molecule has 0 aliphatic heterocycles. The zero-order valence-electron chi connectivity index (χ0n) is 16.1. The molecule has 0 fully saturated rings. The summed E-state index contributed by atoms with van der Waals surface area (Å²) in [5, 5.41) is 5.36. The van der Waals surface area contributed by atoms with Gasteiger partial charge in [0.15, 0.2) is 0 Å². The molecular formula is C18H30ClN3O2S. The van der Waals surface area contributed by atoms with E-state index >= 15 is 0 Å². The Hall–Kier alpha value is -1.14. The second kappa shape index (κ2) is 9.53. The topological polar surface area (TPSA) is 62.3 Å². The molecule has 0 aliphatic rings. The maximum Gasteiger partial charge on any atom is 0.270 e. The van der Waals surface area contributed by atoms with Crippen LogP contribution in [0.5, 0.6) is 0 Å². The maximum atomic E-state index is 12.8.